The standard InChI is InChI=1S/C22H22N4OS2/c1-5-28-18-9-7-6-8-16(18)21(27)24-20-12-15(4)25-26(20)22-23-17-10-13(2)14(3)11-19(17)29-22/h6-12H,5H2,1-4H3,(H,24,27). The normalized spacial score (nSPS) is 11.2. The summed E-state index contributed by atoms with van der Waals surface area (Å²) in [5.74, 6) is 1.39. The summed E-state index contributed by atoms with van der Waals surface area (Å²) in [5, 5.41) is 8.34. The number of rotatable bonds is 5. The van der Waals surface area contributed by atoms with E-state index in [1.165, 1.54) is 11.1 Å². The van der Waals surface area contributed by atoms with Gasteiger partial charge in [0, 0.05) is 11.0 Å². The zero-order valence-corrected chi connectivity index (χ0v) is 18.4. The number of fused-ring (bicyclic) bond motifs is 1. The van der Waals surface area contributed by atoms with E-state index in [2.05, 4.69) is 43.3 Å². The lowest BCUT2D eigenvalue weighted by atomic mass is 10.1. The lowest BCUT2D eigenvalue weighted by Gasteiger charge is -2.09. The molecule has 148 valence electrons. The fraction of sp³-hybridized carbons (Fsp3) is 0.227. The summed E-state index contributed by atoms with van der Waals surface area (Å²) in [6.07, 6.45) is 0. The van der Waals surface area contributed by atoms with Gasteiger partial charge in [-0.25, -0.2) is 4.98 Å². The van der Waals surface area contributed by atoms with Crippen LogP contribution in [0, 0.1) is 20.8 Å². The van der Waals surface area contributed by atoms with Crippen molar-refractivity contribution in [1.82, 2.24) is 14.8 Å². The first kappa shape index (κ1) is 19.7. The van der Waals surface area contributed by atoms with Crippen LogP contribution in [0.3, 0.4) is 0 Å². The van der Waals surface area contributed by atoms with Crippen molar-refractivity contribution in [3.05, 3.63) is 64.8 Å². The van der Waals surface area contributed by atoms with E-state index in [0.29, 0.717) is 11.4 Å². The van der Waals surface area contributed by atoms with Crippen molar-refractivity contribution in [3.8, 4) is 5.13 Å². The first-order valence-corrected chi connectivity index (χ1v) is 11.2. The minimum Gasteiger partial charge on any atom is -0.306 e. The molecule has 0 saturated heterocycles. The van der Waals surface area contributed by atoms with Gasteiger partial charge in [-0.1, -0.05) is 30.4 Å². The second kappa shape index (κ2) is 8.00. The molecule has 29 heavy (non-hydrogen) atoms. The van der Waals surface area contributed by atoms with Crippen LogP contribution in [0.2, 0.25) is 0 Å². The van der Waals surface area contributed by atoms with Crippen LogP contribution in [0.25, 0.3) is 15.3 Å². The predicted molar refractivity (Wildman–Crippen MR) is 122 cm³/mol. The van der Waals surface area contributed by atoms with Crippen LogP contribution in [0.5, 0.6) is 0 Å². The predicted octanol–water partition coefficient (Wildman–Crippen LogP) is 5.77. The van der Waals surface area contributed by atoms with Crippen molar-refractivity contribution >= 4 is 45.0 Å². The Hall–Kier alpha value is -2.64. The van der Waals surface area contributed by atoms with Crippen LogP contribution >= 0.6 is 23.1 Å². The van der Waals surface area contributed by atoms with E-state index in [4.69, 9.17) is 4.98 Å². The molecule has 1 N–H and O–H groups in total. The summed E-state index contributed by atoms with van der Waals surface area (Å²) in [6, 6.07) is 13.8. The lowest BCUT2D eigenvalue weighted by molar-refractivity contribution is 0.102. The fourth-order valence-electron chi connectivity index (χ4n) is 3.11. The number of aryl methyl sites for hydroxylation is 3. The van der Waals surface area contributed by atoms with Crippen molar-refractivity contribution in [2.24, 2.45) is 0 Å². The van der Waals surface area contributed by atoms with Gasteiger partial charge in [0.1, 0.15) is 5.82 Å². The quantitative estimate of drug-likeness (QED) is 0.415. The van der Waals surface area contributed by atoms with Crippen molar-refractivity contribution in [2.45, 2.75) is 32.6 Å². The average Bonchev–Trinajstić information content (AvgIpc) is 3.25. The molecule has 0 saturated carbocycles. The number of nitrogens with one attached hydrogen (secondary N) is 1. The van der Waals surface area contributed by atoms with Gasteiger partial charge in [-0.3, -0.25) is 4.79 Å². The molecule has 0 aliphatic rings. The summed E-state index contributed by atoms with van der Waals surface area (Å²) < 4.78 is 2.83. The number of thiazole rings is 1. The molecule has 0 radical (unpaired) electrons. The van der Waals surface area contributed by atoms with E-state index >= 15 is 0 Å². The SMILES string of the molecule is CCSc1ccccc1C(=O)Nc1cc(C)nn1-c1nc2cc(C)c(C)cc2s1. The summed E-state index contributed by atoms with van der Waals surface area (Å²) in [5.41, 5.74) is 4.89. The molecule has 0 aliphatic carbocycles. The van der Waals surface area contributed by atoms with Gasteiger partial charge in [0.15, 0.2) is 0 Å². The van der Waals surface area contributed by atoms with Crippen LogP contribution in [0.1, 0.15) is 34.1 Å². The molecule has 2 heterocycles. The highest BCUT2D eigenvalue weighted by Gasteiger charge is 2.17. The summed E-state index contributed by atoms with van der Waals surface area (Å²) >= 11 is 3.23. The van der Waals surface area contributed by atoms with E-state index in [1.807, 2.05) is 37.3 Å². The summed E-state index contributed by atoms with van der Waals surface area (Å²) in [7, 11) is 0. The van der Waals surface area contributed by atoms with Crippen molar-refractivity contribution in [2.75, 3.05) is 11.1 Å². The Morgan fingerprint density at radius 3 is 2.69 bits per heavy atom. The Morgan fingerprint density at radius 2 is 1.90 bits per heavy atom. The van der Waals surface area contributed by atoms with Gasteiger partial charge in [-0.05, 0) is 61.9 Å². The number of benzene rings is 2. The van der Waals surface area contributed by atoms with E-state index in [-0.39, 0.29) is 5.91 Å². The molecular formula is C22H22N4OS2. The second-order valence-electron chi connectivity index (χ2n) is 6.87. The third-order valence-electron chi connectivity index (χ3n) is 4.68. The Balaban J connectivity index is 1.70. The van der Waals surface area contributed by atoms with Crippen molar-refractivity contribution in [1.29, 1.82) is 0 Å². The fourth-order valence-corrected chi connectivity index (χ4v) is 4.93. The molecule has 5 nitrogen and oxygen atoms in total. The van der Waals surface area contributed by atoms with Crippen molar-refractivity contribution < 1.29 is 4.79 Å². The molecule has 0 aliphatic heterocycles. The highest BCUT2D eigenvalue weighted by Crippen LogP contribution is 2.30. The van der Waals surface area contributed by atoms with E-state index in [1.54, 1.807) is 27.8 Å². The topological polar surface area (TPSA) is 59.8 Å². The highest BCUT2D eigenvalue weighted by molar-refractivity contribution is 7.99. The molecule has 0 atom stereocenters. The summed E-state index contributed by atoms with van der Waals surface area (Å²) in [6.45, 7) is 8.18. The van der Waals surface area contributed by atoms with E-state index in [0.717, 1.165) is 31.7 Å². The van der Waals surface area contributed by atoms with Crippen LogP contribution in [-0.2, 0) is 0 Å². The number of aromatic nitrogens is 3. The number of nitrogens with zero attached hydrogens (tertiary/aromatic N) is 3. The monoisotopic (exact) mass is 422 g/mol. The smallest absolute Gasteiger partial charge is 0.257 e. The second-order valence-corrected chi connectivity index (χ2v) is 9.18. The van der Waals surface area contributed by atoms with Crippen LogP contribution in [0.15, 0.2) is 47.4 Å². The molecule has 0 fully saturated rings. The number of hydrogen-bond acceptors (Lipinski definition) is 5. The minimum absolute atomic E-state index is 0.143. The average molecular weight is 423 g/mol. The van der Waals surface area contributed by atoms with Crippen LogP contribution in [0.4, 0.5) is 5.82 Å². The van der Waals surface area contributed by atoms with Gasteiger partial charge < -0.3 is 5.32 Å². The zero-order chi connectivity index (χ0) is 20.5. The molecule has 4 aromatic rings. The Morgan fingerprint density at radius 1 is 1.14 bits per heavy atom. The van der Waals surface area contributed by atoms with E-state index in [9.17, 15) is 4.79 Å². The molecule has 0 bridgehead atoms. The third-order valence-corrected chi connectivity index (χ3v) is 6.63. The summed E-state index contributed by atoms with van der Waals surface area (Å²) in [4.78, 5) is 18.7. The number of thioether (sulfide) groups is 1. The number of carbonyl (C=O) groups excluding carboxylic acids is 1. The largest absolute Gasteiger partial charge is 0.306 e. The molecule has 4 rings (SSSR count). The minimum atomic E-state index is -0.143. The molecule has 2 aromatic heterocycles. The Labute approximate surface area is 178 Å². The highest BCUT2D eigenvalue weighted by atomic mass is 32.2. The maximum atomic E-state index is 13.0. The van der Waals surface area contributed by atoms with Crippen molar-refractivity contribution in [3.63, 3.8) is 0 Å². The number of carbonyl (C=O) groups is 1. The molecular weight excluding hydrogens is 400 g/mol. The van der Waals surface area contributed by atoms with Gasteiger partial charge in [0.2, 0.25) is 5.13 Å². The first-order chi connectivity index (χ1) is 14.0. The maximum Gasteiger partial charge on any atom is 0.257 e. The molecule has 2 aromatic carbocycles. The number of anilines is 1. The van der Waals surface area contributed by atoms with Gasteiger partial charge in [0.25, 0.3) is 5.91 Å². The third kappa shape index (κ3) is 3.93. The lowest BCUT2D eigenvalue weighted by Crippen LogP contribution is -2.16. The van der Waals surface area contributed by atoms with Gasteiger partial charge in [-0.2, -0.15) is 9.78 Å². The Bertz CT molecular complexity index is 1170. The van der Waals surface area contributed by atoms with Gasteiger partial charge in [0.05, 0.1) is 21.5 Å². The first-order valence-electron chi connectivity index (χ1n) is 9.44. The number of hydrogen-bond donors (Lipinski definition) is 1. The molecule has 0 unspecified atom stereocenters. The zero-order valence-electron chi connectivity index (χ0n) is 16.8. The van der Waals surface area contributed by atoms with E-state index < -0.39 is 0 Å². The van der Waals surface area contributed by atoms with Crippen LogP contribution in [-0.4, -0.2) is 26.4 Å². The van der Waals surface area contributed by atoms with Crippen LogP contribution < -0.4 is 5.32 Å². The maximum absolute atomic E-state index is 13.0. The Kier molecular flexibility index (Phi) is 5.43. The molecule has 1 amide bonds. The van der Waals surface area contributed by atoms with Gasteiger partial charge >= 0.3 is 0 Å². The number of amides is 1. The molecule has 7 heteroatoms. The van der Waals surface area contributed by atoms with Gasteiger partial charge in [-0.15, -0.1) is 11.8 Å². The molecule has 0 spiro atoms.